The molecule has 0 saturated carbocycles. The van der Waals surface area contributed by atoms with Crippen LogP contribution in [0.4, 0.5) is 0 Å². The third-order valence-corrected chi connectivity index (χ3v) is 3.48. The molecule has 1 aliphatic rings. The first-order valence-corrected chi connectivity index (χ1v) is 5.58. The predicted octanol–water partition coefficient (Wildman–Crippen LogP) is 3.14. The molecule has 1 N–H and O–H groups in total. The summed E-state index contributed by atoms with van der Waals surface area (Å²) < 4.78 is 5.45. The molecule has 86 valence electrons. The van der Waals surface area contributed by atoms with Gasteiger partial charge < -0.3 is 9.84 Å². The van der Waals surface area contributed by atoms with Crippen LogP contribution in [0.25, 0.3) is 0 Å². The summed E-state index contributed by atoms with van der Waals surface area (Å²) in [6, 6.07) is 1.80. The number of benzene rings is 1. The molecule has 2 nitrogen and oxygen atoms in total. The molecule has 16 heavy (non-hydrogen) atoms. The Morgan fingerprint density at radius 3 is 2.19 bits per heavy atom. The molecule has 0 radical (unpaired) electrons. The van der Waals surface area contributed by atoms with Crippen molar-refractivity contribution in [3.8, 4) is 11.5 Å². The van der Waals surface area contributed by atoms with Crippen molar-refractivity contribution < 1.29 is 9.84 Å². The van der Waals surface area contributed by atoms with Crippen LogP contribution in [0.5, 0.6) is 11.5 Å². The second-order valence-electron chi connectivity index (χ2n) is 4.62. The Kier molecular flexibility index (Phi) is 2.66. The summed E-state index contributed by atoms with van der Waals surface area (Å²) in [7, 11) is 1.69. The van der Waals surface area contributed by atoms with Crippen LogP contribution in [0.15, 0.2) is 17.2 Å². The van der Waals surface area contributed by atoms with E-state index in [4.69, 9.17) is 4.74 Å². The topological polar surface area (TPSA) is 29.5 Å². The van der Waals surface area contributed by atoms with Gasteiger partial charge in [0.1, 0.15) is 11.5 Å². The van der Waals surface area contributed by atoms with E-state index in [0.717, 1.165) is 35.3 Å². The molecule has 1 aromatic carbocycles. The van der Waals surface area contributed by atoms with Crippen molar-refractivity contribution in [2.75, 3.05) is 7.11 Å². The van der Waals surface area contributed by atoms with Gasteiger partial charge in [-0.1, -0.05) is 11.1 Å². The Hall–Kier alpha value is -1.44. The van der Waals surface area contributed by atoms with Crippen LogP contribution >= 0.6 is 0 Å². The molecule has 0 heterocycles. The lowest BCUT2D eigenvalue weighted by Gasteiger charge is -2.23. The molecule has 2 heteroatoms. The first-order chi connectivity index (χ1) is 7.54. The highest BCUT2D eigenvalue weighted by molar-refractivity contribution is 5.57. The molecule has 0 aromatic heterocycles. The maximum atomic E-state index is 9.98. The van der Waals surface area contributed by atoms with Gasteiger partial charge >= 0.3 is 0 Å². The van der Waals surface area contributed by atoms with E-state index < -0.39 is 0 Å². The molecule has 0 aliphatic heterocycles. The highest BCUT2D eigenvalue weighted by atomic mass is 16.5. The Morgan fingerprint density at radius 1 is 1.06 bits per heavy atom. The molecule has 0 unspecified atom stereocenters. The predicted molar refractivity (Wildman–Crippen MR) is 65.2 cm³/mol. The zero-order chi connectivity index (χ0) is 11.9. The molecule has 0 atom stereocenters. The minimum absolute atomic E-state index is 0.403. The quantitative estimate of drug-likeness (QED) is 0.734. The Bertz CT molecular complexity index is 470. The molecular formula is C14H18O2. The lowest BCUT2D eigenvalue weighted by Crippen LogP contribution is -2.09. The highest BCUT2D eigenvalue weighted by Gasteiger charge is 2.21. The van der Waals surface area contributed by atoms with Gasteiger partial charge in [0.05, 0.1) is 7.11 Å². The van der Waals surface area contributed by atoms with E-state index in [2.05, 4.69) is 13.8 Å². The molecule has 0 saturated heterocycles. The number of phenols is 1. The fourth-order valence-electron chi connectivity index (χ4n) is 2.39. The lowest BCUT2D eigenvalue weighted by molar-refractivity contribution is 0.402. The number of rotatable bonds is 1. The van der Waals surface area contributed by atoms with E-state index in [1.54, 1.807) is 13.2 Å². The average Bonchev–Trinajstić information content (AvgIpc) is 2.22. The van der Waals surface area contributed by atoms with Gasteiger partial charge in [-0.15, -0.1) is 0 Å². The molecule has 0 bridgehead atoms. The summed E-state index contributed by atoms with van der Waals surface area (Å²) in [5, 5.41) is 9.98. The van der Waals surface area contributed by atoms with E-state index in [1.165, 1.54) is 11.1 Å². The van der Waals surface area contributed by atoms with Crippen molar-refractivity contribution in [3.63, 3.8) is 0 Å². The molecule has 1 aliphatic carbocycles. The van der Waals surface area contributed by atoms with Crippen molar-refractivity contribution in [3.05, 3.63) is 33.9 Å². The number of hydrogen-bond donors (Lipinski definition) is 1. The maximum absolute atomic E-state index is 9.98. The number of allylic oxidation sites excluding steroid dienone is 2. The Balaban J connectivity index is 2.63. The molecule has 0 amide bonds. The van der Waals surface area contributed by atoms with Crippen molar-refractivity contribution in [2.45, 2.75) is 33.6 Å². The smallest absolute Gasteiger partial charge is 0.125 e. The van der Waals surface area contributed by atoms with Gasteiger partial charge in [-0.25, -0.2) is 0 Å². The van der Waals surface area contributed by atoms with Crippen molar-refractivity contribution in [2.24, 2.45) is 0 Å². The van der Waals surface area contributed by atoms with Gasteiger partial charge in [0, 0.05) is 11.1 Å². The first-order valence-electron chi connectivity index (χ1n) is 5.58. The third kappa shape index (κ3) is 1.58. The Labute approximate surface area is 96.6 Å². The summed E-state index contributed by atoms with van der Waals surface area (Å²) in [6.45, 7) is 6.25. The lowest BCUT2D eigenvalue weighted by atomic mass is 9.85. The van der Waals surface area contributed by atoms with E-state index in [0.29, 0.717) is 5.75 Å². The summed E-state index contributed by atoms with van der Waals surface area (Å²) in [6.07, 6.45) is 1.73. The van der Waals surface area contributed by atoms with Crippen molar-refractivity contribution >= 4 is 0 Å². The van der Waals surface area contributed by atoms with Gasteiger partial charge in [0.2, 0.25) is 0 Å². The number of fused-ring (bicyclic) bond motifs is 1. The second-order valence-corrected chi connectivity index (χ2v) is 4.62. The van der Waals surface area contributed by atoms with Gasteiger partial charge in [0.15, 0.2) is 0 Å². The van der Waals surface area contributed by atoms with E-state index in [9.17, 15) is 5.11 Å². The summed E-state index contributed by atoms with van der Waals surface area (Å²) in [5.74, 6) is 1.33. The van der Waals surface area contributed by atoms with Gasteiger partial charge in [-0.2, -0.15) is 0 Å². The van der Waals surface area contributed by atoms with Gasteiger partial charge in [-0.3, -0.25) is 0 Å². The van der Waals surface area contributed by atoms with Crippen molar-refractivity contribution in [1.82, 2.24) is 0 Å². The molecule has 0 fully saturated rings. The van der Waals surface area contributed by atoms with Gasteiger partial charge in [0.25, 0.3) is 0 Å². The summed E-state index contributed by atoms with van der Waals surface area (Å²) >= 11 is 0. The number of hydrogen-bond acceptors (Lipinski definition) is 2. The van der Waals surface area contributed by atoms with Crippen LogP contribution in [-0.4, -0.2) is 12.2 Å². The summed E-state index contributed by atoms with van der Waals surface area (Å²) in [4.78, 5) is 0. The van der Waals surface area contributed by atoms with Crippen LogP contribution in [0.1, 0.15) is 30.5 Å². The normalized spacial score (nSPS) is 15.0. The monoisotopic (exact) mass is 218 g/mol. The highest BCUT2D eigenvalue weighted by Crippen LogP contribution is 2.39. The SMILES string of the molecule is COc1c(C)cc(O)c2c1CC(C)=C(C)C2. The third-order valence-electron chi connectivity index (χ3n) is 3.48. The number of aromatic hydroxyl groups is 1. The number of methoxy groups -OCH3 is 1. The minimum Gasteiger partial charge on any atom is -0.508 e. The molecular weight excluding hydrogens is 200 g/mol. The molecule has 0 spiro atoms. The Morgan fingerprint density at radius 2 is 1.62 bits per heavy atom. The molecule has 2 rings (SSSR count). The fourth-order valence-corrected chi connectivity index (χ4v) is 2.39. The van der Waals surface area contributed by atoms with Crippen molar-refractivity contribution in [1.29, 1.82) is 0 Å². The number of ether oxygens (including phenoxy) is 1. The summed E-state index contributed by atoms with van der Waals surface area (Å²) in [5.41, 5.74) is 5.93. The average molecular weight is 218 g/mol. The maximum Gasteiger partial charge on any atom is 0.125 e. The number of aryl methyl sites for hydroxylation is 1. The largest absolute Gasteiger partial charge is 0.508 e. The van der Waals surface area contributed by atoms with Crippen LogP contribution in [-0.2, 0) is 12.8 Å². The second kappa shape index (κ2) is 3.85. The van der Waals surface area contributed by atoms with Crippen LogP contribution < -0.4 is 4.74 Å². The fraction of sp³-hybridized carbons (Fsp3) is 0.429. The standard InChI is InChI=1S/C14H18O2/c1-8-5-11-12(6-9(8)2)14(16-4)10(3)7-13(11)15/h7,15H,5-6H2,1-4H3. The van der Waals surface area contributed by atoms with Crippen LogP contribution in [0, 0.1) is 6.92 Å². The van der Waals surface area contributed by atoms with E-state index >= 15 is 0 Å². The molecule has 1 aromatic rings. The van der Waals surface area contributed by atoms with E-state index in [-0.39, 0.29) is 0 Å². The van der Waals surface area contributed by atoms with Crippen LogP contribution in [0.3, 0.4) is 0 Å². The van der Waals surface area contributed by atoms with Gasteiger partial charge in [-0.05, 0) is 45.2 Å². The minimum atomic E-state index is 0.403. The van der Waals surface area contributed by atoms with E-state index in [1.807, 2.05) is 6.92 Å². The van der Waals surface area contributed by atoms with Crippen LogP contribution in [0.2, 0.25) is 0 Å². The zero-order valence-corrected chi connectivity index (χ0v) is 10.3. The zero-order valence-electron chi connectivity index (χ0n) is 10.3. The number of phenolic OH excluding ortho intramolecular Hbond substituents is 1. The first kappa shape index (κ1) is 11.1.